The molecule has 2 aliphatic rings. The Labute approximate surface area is 108 Å². The minimum atomic E-state index is 0.997. The standard InChI is InChI=1S/C17H30/c1-3-5-7-9-16-14-11-12-15(13-14)17(16)10-8-6-4-2/h11,15-17H,3-10,12-13H2,1-2H3. The molecular weight excluding hydrogens is 204 g/mol. The van der Waals surface area contributed by atoms with Crippen LogP contribution in [-0.2, 0) is 0 Å². The largest absolute Gasteiger partial charge is 0.0847 e. The topological polar surface area (TPSA) is 0 Å². The molecule has 2 bridgehead atoms. The summed E-state index contributed by atoms with van der Waals surface area (Å²) in [5.74, 6) is 3.11. The van der Waals surface area contributed by atoms with E-state index in [9.17, 15) is 0 Å². The normalized spacial score (nSPS) is 30.9. The second kappa shape index (κ2) is 6.61. The van der Waals surface area contributed by atoms with Gasteiger partial charge >= 0.3 is 0 Å². The van der Waals surface area contributed by atoms with Crippen molar-refractivity contribution in [3.05, 3.63) is 11.6 Å². The van der Waals surface area contributed by atoms with Crippen LogP contribution in [0.2, 0.25) is 0 Å². The number of hydrogen-bond acceptors (Lipinski definition) is 0. The highest BCUT2D eigenvalue weighted by Crippen LogP contribution is 2.52. The Kier molecular flexibility index (Phi) is 5.13. The van der Waals surface area contributed by atoms with Crippen LogP contribution in [-0.4, -0.2) is 0 Å². The predicted molar refractivity (Wildman–Crippen MR) is 76.1 cm³/mol. The van der Waals surface area contributed by atoms with Crippen molar-refractivity contribution >= 4 is 0 Å². The molecule has 98 valence electrons. The highest BCUT2D eigenvalue weighted by molar-refractivity contribution is 5.22. The number of unbranched alkanes of at least 4 members (excludes halogenated alkanes) is 4. The van der Waals surface area contributed by atoms with Crippen LogP contribution in [0.25, 0.3) is 0 Å². The Morgan fingerprint density at radius 2 is 1.71 bits per heavy atom. The van der Waals surface area contributed by atoms with Gasteiger partial charge in [0.15, 0.2) is 0 Å². The first-order chi connectivity index (χ1) is 8.36. The summed E-state index contributed by atoms with van der Waals surface area (Å²) in [5, 5.41) is 0. The molecule has 3 atom stereocenters. The van der Waals surface area contributed by atoms with Crippen LogP contribution < -0.4 is 0 Å². The van der Waals surface area contributed by atoms with Gasteiger partial charge in [-0.05, 0) is 43.4 Å². The zero-order valence-electron chi connectivity index (χ0n) is 11.9. The third kappa shape index (κ3) is 3.14. The zero-order chi connectivity index (χ0) is 12.1. The van der Waals surface area contributed by atoms with Crippen molar-refractivity contribution < 1.29 is 0 Å². The number of hydrogen-bond donors (Lipinski definition) is 0. The fraction of sp³-hybridized carbons (Fsp3) is 0.882. The molecule has 0 aromatic heterocycles. The first-order valence-electron chi connectivity index (χ1n) is 8.05. The third-order valence-corrected chi connectivity index (χ3v) is 5.04. The SMILES string of the molecule is CCCCCC1C2=CCC(C2)C1CCCCC. The average molecular weight is 234 g/mol. The molecule has 1 fully saturated rings. The van der Waals surface area contributed by atoms with Gasteiger partial charge in [0.05, 0.1) is 0 Å². The van der Waals surface area contributed by atoms with Gasteiger partial charge in [0, 0.05) is 0 Å². The van der Waals surface area contributed by atoms with Gasteiger partial charge in [0.25, 0.3) is 0 Å². The lowest BCUT2D eigenvalue weighted by Gasteiger charge is -2.27. The van der Waals surface area contributed by atoms with E-state index in [-0.39, 0.29) is 0 Å². The van der Waals surface area contributed by atoms with Crippen LogP contribution in [0.5, 0.6) is 0 Å². The molecule has 0 nitrogen and oxygen atoms in total. The summed E-state index contributed by atoms with van der Waals surface area (Å²) in [6.07, 6.45) is 17.1. The molecule has 1 saturated carbocycles. The number of allylic oxidation sites excluding steroid dienone is 2. The molecule has 0 amide bonds. The van der Waals surface area contributed by atoms with Crippen LogP contribution in [0, 0.1) is 17.8 Å². The highest BCUT2D eigenvalue weighted by atomic mass is 14.5. The first-order valence-corrected chi connectivity index (χ1v) is 8.05. The van der Waals surface area contributed by atoms with Gasteiger partial charge in [-0.15, -0.1) is 0 Å². The molecule has 2 aliphatic carbocycles. The lowest BCUT2D eigenvalue weighted by Crippen LogP contribution is -2.18. The molecular formula is C17H30. The molecule has 0 saturated heterocycles. The maximum atomic E-state index is 2.58. The van der Waals surface area contributed by atoms with Gasteiger partial charge < -0.3 is 0 Å². The quantitative estimate of drug-likeness (QED) is 0.371. The van der Waals surface area contributed by atoms with Crippen LogP contribution in [0.1, 0.15) is 78.1 Å². The molecule has 0 aromatic rings. The Bertz CT molecular complexity index is 251. The van der Waals surface area contributed by atoms with Gasteiger partial charge in [-0.1, -0.05) is 64.0 Å². The predicted octanol–water partition coefficient (Wildman–Crippen LogP) is 5.73. The smallest absolute Gasteiger partial charge is 0.0172 e. The lowest BCUT2D eigenvalue weighted by atomic mass is 9.78. The van der Waals surface area contributed by atoms with Crippen molar-refractivity contribution in [2.24, 2.45) is 17.8 Å². The van der Waals surface area contributed by atoms with Gasteiger partial charge in [0.1, 0.15) is 0 Å². The minimum Gasteiger partial charge on any atom is -0.0847 e. The van der Waals surface area contributed by atoms with Gasteiger partial charge in [-0.3, -0.25) is 0 Å². The fourth-order valence-electron chi connectivity index (χ4n) is 4.09. The molecule has 0 heterocycles. The fourth-order valence-corrected chi connectivity index (χ4v) is 4.09. The molecule has 0 N–H and O–H groups in total. The van der Waals surface area contributed by atoms with Crippen LogP contribution in [0.15, 0.2) is 11.6 Å². The second-order valence-corrected chi connectivity index (χ2v) is 6.24. The van der Waals surface area contributed by atoms with Crippen molar-refractivity contribution in [1.82, 2.24) is 0 Å². The lowest BCUT2D eigenvalue weighted by molar-refractivity contribution is 0.269. The molecule has 0 aromatic carbocycles. The van der Waals surface area contributed by atoms with E-state index in [1.807, 2.05) is 5.57 Å². The Hall–Kier alpha value is -0.260. The van der Waals surface area contributed by atoms with Gasteiger partial charge in [-0.2, -0.15) is 0 Å². The number of rotatable bonds is 8. The molecule has 0 heteroatoms. The van der Waals surface area contributed by atoms with E-state index in [2.05, 4.69) is 19.9 Å². The summed E-state index contributed by atoms with van der Waals surface area (Å²) in [5.41, 5.74) is 1.85. The van der Waals surface area contributed by atoms with Crippen molar-refractivity contribution in [3.63, 3.8) is 0 Å². The molecule has 3 unspecified atom stereocenters. The average Bonchev–Trinajstić information content (AvgIpc) is 2.92. The van der Waals surface area contributed by atoms with Crippen LogP contribution >= 0.6 is 0 Å². The Morgan fingerprint density at radius 1 is 1.00 bits per heavy atom. The van der Waals surface area contributed by atoms with Crippen LogP contribution in [0.4, 0.5) is 0 Å². The molecule has 2 rings (SSSR count). The summed E-state index contributed by atoms with van der Waals surface area (Å²) < 4.78 is 0. The van der Waals surface area contributed by atoms with E-state index in [1.165, 1.54) is 64.2 Å². The zero-order valence-corrected chi connectivity index (χ0v) is 11.9. The van der Waals surface area contributed by atoms with E-state index < -0.39 is 0 Å². The summed E-state index contributed by atoms with van der Waals surface area (Å²) >= 11 is 0. The van der Waals surface area contributed by atoms with Crippen molar-refractivity contribution in [2.75, 3.05) is 0 Å². The molecule has 0 radical (unpaired) electrons. The summed E-state index contributed by atoms with van der Waals surface area (Å²) in [4.78, 5) is 0. The highest BCUT2D eigenvalue weighted by Gasteiger charge is 2.41. The van der Waals surface area contributed by atoms with Crippen molar-refractivity contribution in [3.8, 4) is 0 Å². The molecule has 0 spiro atoms. The van der Waals surface area contributed by atoms with Gasteiger partial charge in [0.2, 0.25) is 0 Å². The van der Waals surface area contributed by atoms with Crippen molar-refractivity contribution in [1.29, 1.82) is 0 Å². The Balaban J connectivity index is 1.82. The Morgan fingerprint density at radius 3 is 2.41 bits per heavy atom. The van der Waals surface area contributed by atoms with E-state index >= 15 is 0 Å². The van der Waals surface area contributed by atoms with Crippen LogP contribution in [0.3, 0.4) is 0 Å². The van der Waals surface area contributed by atoms with E-state index in [0.717, 1.165) is 17.8 Å². The summed E-state index contributed by atoms with van der Waals surface area (Å²) in [6, 6.07) is 0. The third-order valence-electron chi connectivity index (χ3n) is 5.04. The maximum Gasteiger partial charge on any atom is -0.0172 e. The van der Waals surface area contributed by atoms with E-state index in [1.54, 1.807) is 0 Å². The van der Waals surface area contributed by atoms with Crippen molar-refractivity contribution in [2.45, 2.75) is 78.1 Å². The minimum absolute atomic E-state index is 0.997. The maximum absolute atomic E-state index is 2.58. The van der Waals surface area contributed by atoms with E-state index in [0.29, 0.717) is 0 Å². The monoisotopic (exact) mass is 234 g/mol. The summed E-state index contributed by atoms with van der Waals surface area (Å²) in [6.45, 7) is 4.64. The molecule has 17 heavy (non-hydrogen) atoms. The number of fused-ring (bicyclic) bond motifs is 2. The first kappa shape index (κ1) is 13.2. The van der Waals surface area contributed by atoms with E-state index in [4.69, 9.17) is 0 Å². The van der Waals surface area contributed by atoms with Gasteiger partial charge in [-0.25, -0.2) is 0 Å². The summed E-state index contributed by atoms with van der Waals surface area (Å²) in [7, 11) is 0. The second-order valence-electron chi connectivity index (χ2n) is 6.24. The molecule has 0 aliphatic heterocycles.